The molecule has 0 aromatic heterocycles. The van der Waals surface area contributed by atoms with Crippen LogP contribution in [-0.4, -0.2) is 25.0 Å². The molecule has 0 aromatic carbocycles. The van der Waals surface area contributed by atoms with E-state index in [2.05, 4.69) is 95.0 Å². The van der Waals surface area contributed by atoms with Crippen LogP contribution in [0.1, 0.15) is 175 Å². The maximum Gasteiger partial charge on any atom is -0.00504 e. The zero-order valence-electron chi connectivity index (χ0n) is 25.0. The Morgan fingerprint density at radius 1 is 0.545 bits per heavy atom. The quantitative estimate of drug-likeness (QED) is 0.241. The highest BCUT2D eigenvalue weighted by atomic mass is 15.1. The molecule has 1 nitrogen and oxygen atoms in total. The molecule has 0 amide bonds. The van der Waals surface area contributed by atoms with Gasteiger partial charge in [0, 0.05) is 0 Å². The van der Waals surface area contributed by atoms with E-state index in [4.69, 9.17) is 0 Å². The number of hydrogen-bond donors (Lipinski definition) is 0. The first kappa shape index (κ1) is 46.3. The van der Waals surface area contributed by atoms with E-state index < -0.39 is 0 Å². The summed E-state index contributed by atoms with van der Waals surface area (Å²) in [6.07, 6.45) is 16.4. The fourth-order valence-corrected chi connectivity index (χ4v) is 3.83. The van der Waals surface area contributed by atoms with Crippen molar-refractivity contribution in [3.63, 3.8) is 0 Å². The summed E-state index contributed by atoms with van der Waals surface area (Å²) < 4.78 is 0. The average Bonchev–Trinajstić information content (AvgIpc) is 2.74. The Morgan fingerprint density at radius 2 is 0.848 bits per heavy atom. The first-order chi connectivity index (χ1) is 14.6. The van der Waals surface area contributed by atoms with Crippen molar-refractivity contribution in [3.05, 3.63) is 0 Å². The van der Waals surface area contributed by atoms with Crippen molar-refractivity contribution < 1.29 is 0 Å². The third-order valence-electron chi connectivity index (χ3n) is 6.60. The molecular formula is C32H77N. The van der Waals surface area contributed by atoms with Crippen LogP contribution in [0.5, 0.6) is 0 Å². The monoisotopic (exact) mass is 476 g/mol. The van der Waals surface area contributed by atoms with Crippen molar-refractivity contribution >= 4 is 0 Å². The highest BCUT2D eigenvalue weighted by molar-refractivity contribution is 4.72. The Balaban J connectivity index is -0.0000000746. The summed E-state index contributed by atoms with van der Waals surface area (Å²) in [5.74, 6) is 1.90. The fourth-order valence-electron chi connectivity index (χ4n) is 3.83. The molecule has 0 fully saturated rings. The van der Waals surface area contributed by atoms with E-state index in [0.29, 0.717) is 5.41 Å². The maximum absolute atomic E-state index is 2.45. The second-order valence-corrected chi connectivity index (χ2v) is 10.2. The van der Waals surface area contributed by atoms with Gasteiger partial charge in [-0.05, 0) is 56.7 Å². The van der Waals surface area contributed by atoms with Crippen LogP contribution in [0.15, 0.2) is 0 Å². The molecule has 1 heteroatoms. The van der Waals surface area contributed by atoms with Crippen LogP contribution in [0.2, 0.25) is 0 Å². The average molecular weight is 476 g/mol. The van der Waals surface area contributed by atoms with Gasteiger partial charge in [0.2, 0.25) is 0 Å². The minimum atomic E-state index is 0. The topological polar surface area (TPSA) is 3.24 Å². The molecule has 0 N–H and O–H groups in total. The van der Waals surface area contributed by atoms with Gasteiger partial charge in [-0.3, -0.25) is 0 Å². The van der Waals surface area contributed by atoms with Crippen LogP contribution >= 0.6 is 0 Å². The summed E-state index contributed by atoms with van der Waals surface area (Å²) in [5.41, 5.74) is 0.651. The lowest BCUT2D eigenvalue weighted by molar-refractivity contribution is 0.242. The molecule has 0 aromatic rings. The summed E-state index contributed by atoms with van der Waals surface area (Å²) in [6.45, 7) is 29.6. The van der Waals surface area contributed by atoms with Crippen molar-refractivity contribution in [2.45, 2.75) is 175 Å². The minimum absolute atomic E-state index is 0. The molecule has 0 unspecified atom stereocenters. The van der Waals surface area contributed by atoms with Gasteiger partial charge in [-0.1, -0.05) is 156 Å². The van der Waals surface area contributed by atoms with Gasteiger partial charge in [0.25, 0.3) is 0 Å². The van der Waals surface area contributed by atoms with Gasteiger partial charge in [-0.2, -0.15) is 0 Å². The summed E-state index contributed by atoms with van der Waals surface area (Å²) in [7, 11) is 2.11. The van der Waals surface area contributed by atoms with E-state index >= 15 is 0 Å². The maximum atomic E-state index is 2.45. The van der Waals surface area contributed by atoms with E-state index in [1.807, 2.05) is 0 Å². The molecule has 210 valence electrons. The highest BCUT2D eigenvalue weighted by Crippen LogP contribution is 2.33. The van der Waals surface area contributed by atoms with Crippen molar-refractivity contribution in [3.8, 4) is 0 Å². The normalized spacial score (nSPS) is 10.2. The van der Waals surface area contributed by atoms with Gasteiger partial charge in [0.1, 0.15) is 0 Å². The van der Waals surface area contributed by atoms with Gasteiger partial charge in [0.05, 0.1) is 0 Å². The molecule has 0 saturated carbocycles. The molecule has 0 aliphatic heterocycles. The molecule has 0 saturated heterocycles. The van der Waals surface area contributed by atoms with Gasteiger partial charge < -0.3 is 4.90 Å². The fraction of sp³-hybridized carbons (Fsp3) is 1.00. The Kier molecular flexibility index (Phi) is 51.3. The number of hydrogen-bond acceptors (Lipinski definition) is 1. The minimum Gasteiger partial charge on any atom is -0.307 e. The first-order valence-corrected chi connectivity index (χ1v) is 14.3. The third-order valence-corrected chi connectivity index (χ3v) is 6.60. The summed E-state index contributed by atoms with van der Waals surface area (Å²) >= 11 is 0. The Morgan fingerprint density at radius 3 is 0.970 bits per heavy atom. The van der Waals surface area contributed by atoms with Crippen molar-refractivity contribution in [2.75, 3.05) is 20.1 Å². The Labute approximate surface area is 217 Å². The van der Waals surface area contributed by atoms with Gasteiger partial charge in [0.15, 0.2) is 0 Å². The van der Waals surface area contributed by atoms with E-state index in [0.717, 1.165) is 24.9 Å². The van der Waals surface area contributed by atoms with Gasteiger partial charge in [-0.25, -0.2) is 0 Å². The molecule has 33 heavy (non-hydrogen) atoms. The van der Waals surface area contributed by atoms with E-state index in [1.54, 1.807) is 0 Å². The Bertz CT molecular complexity index is 245. The summed E-state index contributed by atoms with van der Waals surface area (Å²) in [4.78, 5) is 2.25. The molecule has 0 spiro atoms. The highest BCUT2D eigenvalue weighted by Gasteiger charge is 2.20. The van der Waals surface area contributed by atoms with E-state index in [1.165, 1.54) is 77.0 Å². The molecule has 0 heterocycles. The first-order valence-electron chi connectivity index (χ1n) is 14.3. The largest absolute Gasteiger partial charge is 0.307 e. The van der Waals surface area contributed by atoms with E-state index in [-0.39, 0.29) is 14.9 Å². The molecule has 0 aliphatic rings. The second kappa shape index (κ2) is 36.5. The third kappa shape index (κ3) is 42.6. The van der Waals surface area contributed by atoms with Crippen LogP contribution in [0, 0.1) is 17.3 Å². The second-order valence-electron chi connectivity index (χ2n) is 10.2. The molecular weight excluding hydrogens is 398 g/mol. The van der Waals surface area contributed by atoms with E-state index in [9.17, 15) is 0 Å². The zero-order chi connectivity index (χ0) is 25.1. The summed E-state index contributed by atoms with van der Waals surface area (Å²) in [5, 5.41) is 0. The van der Waals surface area contributed by atoms with Crippen LogP contribution in [-0.2, 0) is 0 Å². The SMILES string of the molecule is C.C.CCC(C)CC.CCCC(C)(CCC)CCC.CCCC(C)CCC.CCN(C)CC. The van der Waals surface area contributed by atoms with Gasteiger partial charge >= 0.3 is 0 Å². The zero-order valence-corrected chi connectivity index (χ0v) is 25.0. The van der Waals surface area contributed by atoms with Crippen molar-refractivity contribution in [1.82, 2.24) is 4.90 Å². The molecule has 0 radical (unpaired) electrons. The van der Waals surface area contributed by atoms with Gasteiger partial charge in [-0.15, -0.1) is 0 Å². The lowest BCUT2D eigenvalue weighted by Crippen LogP contribution is -2.15. The molecule has 0 aliphatic carbocycles. The van der Waals surface area contributed by atoms with Crippen LogP contribution < -0.4 is 0 Å². The Hall–Kier alpha value is -0.0400. The lowest BCUT2D eigenvalue weighted by Gasteiger charge is -2.28. The summed E-state index contributed by atoms with van der Waals surface area (Å²) in [6, 6.07) is 0. The van der Waals surface area contributed by atoms with Crippen LogP contribution in [0.4, 0.5) is 0 Å². The number of nitrogens with zero attached hydrogens (tertiary/aromatic N) is 1. The van der Waals surface area contributed by atoms with Crippen molar-refractivity contribution in [2.24, 2.45) is 17.3 Å². The number of rotatable bonds is 14. The molecule has 0 atom stereocenters. The molecule has 0 bridgehead atoms. The van der Waals surface area contributed by atoms with Crippen LogP contribution in [0.3, 0.4) is 0 Å². The smallest absolute Gasteiger partial charge is 0.00504 e. The standard InChI is InChI=1S/C11H24.C8H18.C6H14.C5H13N.2CH4/c1-5-8-11(4,9-6-2)10-7-3;1-4-6-8(3)7-5-2;2*1-4-6(3)5-2;;/h5-10H2,1-4H3;8H,4-7H2,1-3H3;6H,4-5H2,1-3H3;4-5H2,1-3H3;2*1H4. The molecule has 0 rings (SSSR count). The predicted octanol–water partition coefficient (Wildman–Crippen LogP) is 12.3. The van der Waals surface area contributed by atoms with Crippen LogP contribution in [0.25, 0.3) is 0 Å². The lowest BCUT2D eigenvalue weighted by atomic mass is 9.78. The van der Waals surface area contributed by atoms with Crippen molar-refractivity contribution in [1.29, 1.82) is 0 Å². The predicted molar refractivity (Wildman–Crippen MR) is 164 cm³/mol.